The molecule has 1 rings (SSSR count). The normalized spacial score (nSPS) is 10.5. The number of carbonyl (C=O) groups is 2. The molecule has 8 nitrogen and oxygen atoms in total. The lowest BCUT2D eigenvalue weighted by atomic mass is 10.2. The zero-order chi connectivity index (χ0) is 16.0. The number of amides is 2. The Morgan fingerprint density at radius 1 is 1.19 bits per heavy atom. The zero-order valence-electron chi connectivity index (χ0n) is 12.8. The molecule has 0 aliphatic heterocycles. The van der Waals surface area contributed by atoms with Gasteiger partial charge in [-0.1, -0.05) is 13.8 Å². The van der Waals surface area contributed by atoms with E-state index in [1.165, 1.54) is 4.90 Å². The Bertz CT molecular complexity index is 519. The number of nitrogens with one attached hydrogen (secondary N) is 1. The van der Waals surface area contributed by atoms with Gasteiger partial charge in [0, 0.05) is 6.04 Å². The molecule has 0 radical (unpaired) electrons. The van der Waals surface area contributed by atoms with Crippen molar-refractivity contribution in [2.45, 2.75) is 46.6 Å². The number of anilines is 1. The molecule has 2 amide bonds. The molecule has 0 spiro atoms. The van der Waals surface area contributed by atoms with E-state index < -0.39 is 12.0 Å². The number of aromatic nitrogens is 3. The van der Waals surface area contributed by atoms with Crippen LogP contribution in [0.15, 0.2) is 0 Å². The van der Waals surface area contributed by atoms with E-state index in [0.717, 1.165) is 11.4 Å². The average Bonchev–Trinajstić information content (AvgIpc) is 2.43. The Kier molecular flexibility index (Phi) is 6.01. The molecule has 1 aromatic heterocycles. The maximum Gasteiger partial charge on any atom is 0.325 e. The predicted molar refractivity (Wildman–Crippen MR) is 77.1 cm³/mol. The molecule has 21 heavy (non-hydrogen) atoms. The van der Waals surface area contributed by atoms with Crippen LogP contribution in [0.4, 0.5) is 10.7 Å². The summed E-state index contributed by atoms with van der Waals surface area (Å²) in [5.41, 5.74) is 1.57. The number of urea groups is 1. The Labute approximate surface area is 123 Å². The SMILES string of the molecule is CCc1nnc(NC(=O)N(CC(=O)O)C(C)C)nc1CC. The lowest BCUT2D eigenvalue weighted by Gasteiger charge is -2.24. The van der Waals surface area contributed by atoms with Crippen molar-refractivity contribution in [2.75, 3.05) is 11.9 Å². The lowest BCUT2D eigenvalue weighted by Crippen LogP contribution is -2.43. The van der Waals surface area contributed by atoms with Crippen LogP contribution in [0, 0.1) is 0 Å². The smallest absolute Gasteiger partial charge is 0.325 e. The van der Waals surface area contributed by atoms with Gasteiger partial charge in [-0.25, -0.2) is 9.78 Å². The van der Waals surface area contributed by atoms with E-state index in [4.69, 9.17) is 5.11 Å². The molecule has 116 valence electrons. The predicted octanol–water partition coefficient (Wildman–Crippen LogP) is 1.32. The van der Waals surface area contributed by atoms with Gasteiger partial charge >= 0.3 is 12.0 Å². The molecule has 0 aliphatic rings. The van der Waals surface area contributed by atoms with Crippen LogP contribution in [0.1, 0.15) is 39.1 Å². The third-order valence-electron chi connectivity index (χ3n) is 2.92. The van der Waals surface area contributed by atoms with E-state index >= 15 is 0 Å². The highest BCUT2D eigenvalue weighted by Gasteiger charge is 2.21. The summed E-state index contributed by atoms with van der Waals surface area (Å²) >= 11 is 0. The second-order valence-corrected chi connectivity index (χ2v) is 4.78. The number of carboxylic acid groups (broad SMARTS) is 1. The molecule has 1 aromatic rings. The second-order valence-electron chi connectivity index (χ2n) is 4.78. The van der Waals surface area contributed by atoms with Crippen molar-refractivity contribution in [2.24, 2.45) is 0 Å². The van der Waals surface area contributed by atoms with E-state index in [1.807, 2.05) is 13.8 Å². The first kappa shape index (κ1) is 16.8. The highest BCUT2D eigenvalue weighted by Crippen LogP contribution is 2.08. The first-order valence-electron chi connectivity index (χ1n) is 6.90. The first-order chi connectivity index (χ1) is 9.88. The first-order valence-corrected chi connectivity index (χ1v) is 6.90. The van der Waals surface area contributed by atoms with E-state index in [-0.39, 0.29) is 18.5 Å². The highest BCUT2D eigenvalue weighted by atomic mass is 16.4. The van der Waals surface area contributed by atoms with Crippen molar-refractivity contribution >= 4 is 17.9 Å². The molecule has 0 aromatic carbocycles. The minimum Gasteiger partial charge on any atom is -0.480 e. The molecule has 1 heterocycles. The highest BCUT2D eigenvalue weighted by molar-refractivity contribution is 5.89. The van der Waals surface area contributed by atoms with Gasteiger partial charge < -0.3 is 10.0 Å². The maximum atomic E-state index is 12.1. The van der Waals surface area contributed by atoms with Crippen molar-refractivity contribution in [3.05, 3.63) is 11.4 Å². The minimum atomic E-state index is -1.08. The van der Waals surface area contributed by atoms with Crippen molar-refractivity contribution in [1.29, 1.82) is 0 Å². The summed E-state index contributed by atoms with van der Waals surface area (Å²) in [6.07, 6.45) is 1.40. The zero-order valence-corrected chi connectivity index (χ0v) is 12.8. The Morgan fingerprint density at radius 3 is 2.29 bits per heavy atom. The maximum absolute atomic E-state index is 12.1. The molecule has 0 saturated heterocycles. The molecule has 0 saturated carbocycles. The third-order valence-corrected chi connectivity index (χ3v) is 2.92. The standard InChI is InChI=1S/C13H21N5O3/c1-5-9-10(6-2)16-17-12(14-9)15-13(21)18(8(3)4)7-11(19)20/h8H,5-7H2,1-4H3,(H,19,20)(H,14,15,17,21). The molecule has 2 N–H and O–H groups in total. The number of hydrogen-bond donors (Lipinski definition) is 2. The summed E-state index contributed by atoms with van der Waals surface area (Å²) in [5, 5.41) is 19.2. The fraction of sp³-hybridized carbons (Fsp3) is 0.615. The van der Waals surface area contributed by atoms with E-state index in [1.54, 1.807) is 13.8 Å². The fourth-order valence-corrected chi connectivity index (χ4v) is 1.79. The molecule has 0 bridgehead atoms. The van der Waals surface area contributed by atoms with Gasteiger partial charge in [-0.15, -0.1) is 10.2 Å². The van der Waals surface area contributed by atoms with E-state index in [2.05, 4.69) is 20.5 Å². The number of rotatable bonds is 6. The van der Waals surface area contributed by atoms with Crippen LogP contribution < -0.4 is 5.32 Å². The number of carbonyl (C=O) groups excluding carboxylic acids is 1. The number of aryl methyl sites for hydroxylation is 2. The summed E-state index contributed by atoms with van der Waals surface area (Å²) in [6, 6.07) is -0.810. The molecule has 0 atom stereocenters. The third kappa shape index (κ3) is 4.66. The molecule has 0 fully saturated rings. The van der Waals surface area contributed by atoms with Gasteiger partial charge in [-0.3, -0.25) is 10.1 Å². The number of hydrogen-bond acceptors (Lipinski definition) is 5. The van der Waals surface area contributed by atoms with Crippen molar-refractivity contribution in [3.8, 4) is 0 Å². The van der Waals surface area contributed by atoms with Crippen LogP contribution in [0.3, 0.4) is 0 Å². The van der Waals surface area contributed by atoms with E-state index in [9.17, 15) is 9.59 Å². The van der Waals surface area contributed by atoms with Gasteiger partial charge in [0.05, 0.1) is 11.4 Å². The number of nitrogens with zero attached hydrogens (tertiary/aromatic N) is 4. The topological polar surface area (TPSA) is 108 Å². The molecule has 0 aliphatic carbocycles. The van der Waals surface area contributed by atoms with Gasteiger partial charge in [0.15, 0.2) is 0 Å². The fourth-order valence-electron chi connectivity index (χ4n) is 1.79. The van der Waals surface area contributed by atoms with Gasteiger partial charge in [0.2, 0.25) is 0 Å². The summed E-state index contributed by atoms with van der Waals surface area (Å²) in [6.45, 7) is 6.99. The van der Waals surface area contributed by atoms with Crippen LogP contribution in [0.5, 0.6) is 0 Å². The van der Waals surface area contributed by atoms with Crippen LogP contribution in [-0.2, 0) is 17.6 Å². The molecular formula is C13H21N5O3. The number of aliphatic carboxylic acids is 1. The van der Waals surface area contributed by atoms with Crippen molar-refractivity contribution in [3.63, 3.8) is 0 Å². The van der Waals surface area contributed by atoms with Crippen LogP contribution in [0.25, 0.3) is 0 Å². The quantitative estimate of drug-likeness (QED) is 0.819. The van der Waals surface area contributed by atoms with Crippen molar-refractivity contribution in [1.82, 2.24) is 20.1 Å². The van der Waals surface area contributed by atoms with Gasteiger partial charge in [0.1, 0.15) is 6.54 Å². The summed E-state index contributed by atoms with van der Waals surface area (Å²) < 4.78 is 0. The van der Waals surface area contributed by atoms with Gasteiger partial charge in [-0.2, -0.15) is 0 Å². The summed E-state index contributed by atoms with van der Waals surface area (Å²) in [5.74, 6) is -0.987. The van der Waals surface area contributed by atoms with Crippen LogP contribution >= 0.6 is 0 Å². The van der Waals surface area contributed by atoms with Crippen LogP contribution in [-0.4, -0.2) is 49.8 Å². The Morgan fingerprint density at radius 2 is 1.81 bits per heavy atom. The monoisotopic (exact) mass is 295 g/mol. The number of carboxylic acids is 1. The van der Waals surface area contributed by atoms with Crippen molar-refractivity contribution < 1.29 is 14.7 Å². The van der Waals surface area contributed by atoms with Crippen LogP contribution in [0.2, 0.25) is 0 Å². The van der Waals surface area contributed by atoms with Gasteiger partial charge in [0.25, 0.3) is 5.95 Å². The minimum absolute atomic E-state index is 0.0880. The summed E-state index contributed by atoms with van der Waals surface area (Å²) in [4.78, 5) is 28.3. The molecule has 8 heteroatoms. The Hall–Kier alpha value is -2.25. The van der Waals surface area contributed by atoms with Gasteiger partial charge in [-0.05, 0) is 26.7 Å². The molecular weight excluding hydrogens is 274 g/mol. The Balaban J connectivity index is 2.88. The lowest BCUT2D eigenvalue weighted by molar-refractivity contribution is -0.137. The summed E-state index contributed by atoms with van der Waals surface area (Å²) in [7, 11) is 0. The molecule has 0 unspecified atom stereocenters. The largest absolute Gasteiger partial charge is 0.480 e. The second kappa shape index (κ2) is 7.51. The average molecular weight is 295 g/mol. The van der Waals surface area contributed by atoms with E-state index in [0.29, 0.717) is 12.8 Å².